The van der Waals surface area contributed by atoms with Crippen LogP contribution in [0.25, 0.3) is 11.0 Å². The van der Waals surface area contributed by atoms with Gasteiger partial charge in [0, 0.05) is 12.6 Å². The zero-order valence-electron chi connectivity index (χ0n) is 12.7. The minimum atomic E-state index is -0.267. The third kappa shape index (κ3) is 2.88. The Balaban J connectivity index is 1.99. The Labute approximate surface area is 129 Å². The molecule has 2 aromatic carbocycles. The Bertz CT molecular complexity index is 765. The van der Waals surface area contributed by atoms with Crippen LogP contribution in [0.15, 0.2) is 48.5 Å². The van der Waals surface area contributed by atoms with Gasteiger partial charge in [-0.1, -0.05) is 37.3 Å². The molecule has 0 fully saturated rings. The maximum atomic E-state index is 13.4. The molecule has 0 amide bonds. The maximum absolute atomic E-state index is 13.4. The molecule has 3 aromatic rings. The summed E-state index contributed by atoms with van der Waals surface area (Å²) in [6.45, 7) is 2.95. The molecule has 0 spiro atoms. The van der Waals surface area contributed by atoms with Crippen LogP contribution in [0.3, 0.4) is 0 Å². The molecule has 22 heavy (non-hydrogen) atoms. The molecular formula is C18H20FN3. The van der Waals surface area contributed by atoms with Gasteiger partial charge in [-0.15, -0.1) is 0 Å². The third-order valence-electron chi connectivity index (χ3n) is 3.82. The first-order chi connectivity index (χ1) is 10.7. The normalized spacial score (nSPS) is 12.7. The quantitative estimate of drug-likeness (QED) is 0.778. The van der Waals surface area contributed by atoms with Gasteiger partial charge in [0.1, 0.15) is 11.6 Å². The molecule has 0 radical (unpaired) electrons. The van der Waals surface area contributed by atoms with Gasteiger partial charge >= 0.3 is 0 Å². The maximum Gasteiger partial charge on any atom is 0.127 e. The number of nitrogens with two attached hydrogens (primary N) is 1. The van der Waals surface area contributed by atoms with Gasteiger partial charge in [0.2, 0.25) is 0 Å². The van der Waals surface area contributed by atoms with E-state index in [2.05, 4.69) is 28.6 Å². The van der Waals surface area contributed by atoms with Crippen molar-refractivity contribution in [3.05, 3.63) is 65.7 Å². The number of imidazole rings is 1. The fourth-order valence-electron chi connectivity index (χ4n) is 2.82. The highest BCUT2D eigenvalue weighted by Crippen LogP contribution is 2.23. The van der Waals surface area contributed by atoms with Gasteiger partial charge in [-0.3, -0.25) is 0 Å². The predicted octanol–water partition coefficient (Wildman–Crippen LogP) is 3.83. The van der Waals surface area contributed by atoms with Crippen LogP contribution in [-0.4, -0.2) is 9.55 Å². The number of benzene rings is 2. The molecule has 0 saturated carbocycles. The molecule has 4 heteroatoms. The first kappa shape index (κ1) is 14.7. The van der Waals surface area contributed by atoms with Crippen LogP contribution in [0, 0.1) is 5.82 Å². The lowest BCUT2D eigenvalue weighted by molar-refractivity contribution is 0.585. The Morgan fingerprint density at radius 3 is 2.68 bits per heavy atom. The van der Waals surface area contributed by atoms with Gasteiger partial charge in [0.15, 0.2) is 0 Å². The average molecular weight is 297 g/mol. The molecule has 0 aliphatic carbocycles. The van der Waals surface area contributed by atoms with Crippen LogP contribution < -0.4 is 5.73 Å². The van der Waals surface area contributed by atoms with E-state index in [0.29, 0.717) is 5.52 Å². The SMILES string of the molecule is CCCn1c(C(N)Cc2ccccc2)nc2cc(F)ccc21. The van der Waals surface area contributed by atoms with Crippen molar-refractivity contribution in [3.63, 3.8) is 0 Å². The average Bonchev–Trinajstić information content (AvgIpc) is 2.87. The molecule has 0 aliphatic heterocycles. The van der Waals surface area contributed by atoms with Crippen LogP contribution in [0.5, 0.6) is 0 Å². The molecule has 1 unspecified atom stereocenters. The standard InChI is InChI=1S/C18H20FN3/c1-2-10-22-17-9-8-14(19)12-16(17)21-18(22)15(20)11-13-6-4-3-5-7-13/h3-9,12,15H,2,10-11,20H2,1H3. The van der Waals surface area contributed by atoms with Crippen LogP contribution in [0.1, 0.15) is 30.8 Å². The van der Waals surface area contributed by atoms with Crippen molar-refractivity contribution in [2.24, 2.45) is 5.73 Å². The van der Waals surface area contributed by atoms with Crippen molar-refractivity contribution in [1.82, 2.24) is 9.55 Å². The summed E-state index contributed by atoms with van der Waals surface area (Å²) in [6, 6.07) is 14.7. The van der Waals surface area contributed by atoms with Gasteiger partial charge in [-0.25, -0.2) is 9.37 Å². The predicted molar refractivity (Wildman–Crippen MR) is 87.1 cm³/mol. The topological polar surface area (TPSA) is 43.8 Å². The van der Waals surface area contributed by atoms with E-state index in [4.69, 9.17) is 5.73 Å². The number of aryl methyl sites for hydroxylation is 1. The van der Waals surface area contributed by atoms with Crippen LogP contribution in [0.2, 0.25) is 0 Å². The van der Waals surface area contributed by atoms with E-state index in [1.807, 2.05) is 18.2 Å². The molecular weight excluding hydrogens is 277 g/mol. The van der Waals surface area contributed by atoms with Crippen LogP contribution in [0.4, 0.5) is 4.39 Å². The van der Waals surface area contributed by atoms with Crippen molar-refractivity contribution >= 4 is 11.0 Å². The molecule has 0 saturated heterocycles. The molecule has 1 heterocycles. The minimum absolute atomic E-state index is 0.204. The summed E-state index contributed by atoms with van der Waals surface area (Å²) in [5, 5.41) is 0. The second-order valence-electron chi connectivity index (χ2n) is 5.55. The second-order valence-corrected chi connectivity index (χ2v) is 5.55. The largest absolute Gasteiger partial charge is 0.327 e. The summed E-state index contributed by atoms with van der Waals surface area (Å²) in [5.41, 5.74) is 9.18. The summed E-state index contributed by atoms with van der Waals surface area (Å²) in [4.78, 5) is 4.59. The van der Waals surface area contributed by atoms with Gasteiger partial charge in [0.25, 0.3) is 0 Å². The lowest BCUT2D eigenvalue weighted by atomic mass is 10.1. The summed E-state index contributed by atoms with van der Waals surface area (Å²) >= 11 is 0. The monoisotopic (exact) mass is 297 g/mol. The molecule has 0 aliphatic rings. The third-order valence-corrected chi connectivity index (χ3v) is 3.82. The summed E-state index contributed by atoms with van der Waals surface area (Å²) in [5.74, 6) is 0.558. The lowest BCUT2D eigenvalue weighted by Crippen LogP contribution is -2.19. The van der Waals surface area contributed by atoms with E-state index >= 15 is 0 Å². The number of hydrogen-bond donors (Lipinski definition) is 1. The van der Waals surface area contributed by atoms with Gasteiger partial charge in [0.05, 0.1) is 17.1 Å². The number of halogens is 1. The summed E-state index contributed by atoms with van der Waals surface area (Å²) in [6.07, 6.45) is 1.70. The van der Waals surface area contributed by atoms with E-state index in [0.717, 1.165) is 30.7 Å². The van der Waals surface area contributed by atoms with Gasteiger partial charge in [-0.2, -0.15) is 0 Å². The Kier molecular flexibility index (Phi) is 4.20. The number of nitrogens with zero attached hydrogens (tertiary/aromatic N) is 2. The molecule has 1 atom stereocenters. The Morgan fingerprint density at radius 2 is 1.95 bits per heavy atom. The van der Waals surface area contributed by atoms with Gasteiger partial charge in [-0.05, 0) is 30.5 Å². The first-order valence-electron chi connectivity index (χ1n) is 7.64. The van der Waals surface area contributed by atoms with E-state index < -0.39 is 0 Å². The van der Waals surface area contributed by atoms with Crippen molar-refractivity contribution < 1.29 is 4.39 Å². The zero-order chi connectivity index (χ0) is 15.5. The van der Waals surface area contributed by atoms with Crippen molar-refractivity contribution in [3.8, 4) is 0 Å². The number of rotatable bonds is 5. The molecule has 0 bridgehead atoms. The van der Waals surface area contributed by atoms with Crippen LogP contribution >= 0.6 is 0 Å². The molecule has 2 N–H and O–H groups in total. The highest BCUT2D eigenvalue weighted by atomic mass is 19.1. The first-order valence-corrected chi connectivity index (χ1v) is 7.64. The molecule has 3 rings (SSSR count). The number of aromatic nitrogens is 2. The Hall–Kier alpha value is -2.20. The second kappa shape index (κ2) is 6.28. The highest BCUT2D eigenvalue weighted by molar-refractivity contribution is 5.76. The van der Waals surface area contributed by atoms with E-state index in [-0.39, 0.29) is 11.9 Å². The fourth-order valence-corrected chi connectivity index (χ4v) is 2.82. The van der Waals surface area contributed by atoms with E-state index in [9.17, 15) is 4.39 Å². The smallest absolute Gasteiger partial charge is 0.127 e. The molecule has 3 nitrogen and oxygen atoms in total. The summed E-state index contributed by atoms with van der Waals surface area (Å²) in [7, 11) is 0. The molecule has 114 valence electrons. The van der Waals surface area contributed by atoms with Crippen LogP contribution in [-0.2, 0) is 13.0 Å². The fraction of sp³-hybridized carbons (Fsp3) is 0.278. The number of fused-ring (bicyclic) bond motifs is 1. The zero-order valence-corrected chi connectivity index (χ0v) is 12.7. The van der Waals surface area contributed by atoms with E-state index in [1.165, 1.54) is 17.7 Å². The lowest BCUT2D eigenvalue weighted by Gasteiger charge is -2.14. The van der Waals surface area contributed by atoms with E-state index in [1.54, 1.807) is 6.07 Å². The van der Waals surface area contributed by atoms with Crippen molar-refractivity contribution in [2.75, 3.05) is 0 Å². The Morgan fingerprint density at radius 1 is 1.18 bits per heavy atom. The number of hydrogen-bond acceptors (Lipinski definition) is 2. The minimum Gasteiger partial charge on any atom is -0.327 e. The van der Waals surface area contributed by atoms with Gasteiger partial charge < -0.3 is 10.3 Å². The van der Waals surface area contributed by atoms with Crippen molar-refractivity contribution in [2.45, 2.75) is 32.4 Å². The summed E-state index contributed by atoms with van der Waals surface area (Å²) < 4.78 is 15.5. The molecule has 1 aromatic heterocycles. The highest BCUT2D eigenvalue weighted by Gasteiger charge is 2.17. The van der Waals surface area contributed by atoms with Crippen molar-refractivity contribution in [1.29, 1.82) is 0 Å².